The first-order valence-electron chi connectivity index (χ1n) is 38.3. The first-order chi connectivity index (χ1) is 44.7. The van der Waals surface area contributed by atoms with Crippen LogP contribution in [0.3, 0.4) is 0 Å². The number of phosphoric acid groups is 2. The van der Waals surface area contributed by atoms with Crippen LogP contribution >= 0.6 is 15.6 Å². The third-order valence-corrected chi connectivity index (χ3v) is 19.0. The van der Waals surface area contributed by atoms with Crippen LogP contribution in [0.1, 0.15) is 387 Å². The zero-order chi connectivity index (χ0) is 67.5. The first kappa shape index (κ1) is 90.1. The van der Waals surface area contributed by atoms with Crippen LogP contribution in [0.15, 0.2) is 0 Å². The molecule has 0 amide bonds. The lowest BCUT2D eigenvalue weighted by molar-refractivity contribution is -0.161. The molecule has 546 valence electrons. The Balaban J connectivity index is 5.12. The lowest BCUT2D eigenvalue weighted by Crippen LogP contribution is -2.30. The molecule has 0 aromatic rings. The number of ether oxygens (including phenoxy) is 4. The molecule has 92 heavy (non-hydrogen) atoms. The molecule has 0 aliphatic rings. The van der Waals surface area contributed by atoms with Crippen molar-refractivity contribution in [1.29, 1.82) is 0 Å². The van der Waals surface area contributed by atoms with Crippen LogP contribution in [0.4, 0.5) is 0 Å². The van der Waals surface area contributed by atoms with E-state index in [0.717, 1.165) is 96.3 Å². The normalized spacial score (nSPS) is 13.9. The zero-order valence-electron chi connectivity index (χ0n) is 59.5. The predicted molar refractivity (Wildman–Crippen MR) is 372 cm³/mol. The summed E-state index contributed by atoms with van der Waals surface area (Å²) in [5.74, 6) is -2.12. The largest absolute Gasteiger partial charge is 0.472 e. The molecule has 0 saturated carbocycles. The standard InChI is InChI=1S/C73H142O17P2/c1-5-9-13-17-21-25-28-29-30-31-32-33-34-35-36-37-38-41-44-48-52-56-60-73(78)90-69(64-84-71(76)58-54-50-46-42-39-26-22-18-14-10-6-2)66-88-92(81,82)86-62-67(74)61-85-91(79,80)87-65-68(63-83-70(75)57-53-49-45-24-20-16-12-8-4)89-72(77)59-55-51-47-43-40-27-23-19-15-11-7-3/h67-69,74H,5-66H2,1-4H3,(H,79,80)(H,81,82)/t67-,68+,69+/m0/s1. The van der Waals surface area contributed by atoms with E-state index in [4.69, 9.17) is 37.0 Å². The summed E-state index contributed by atoms with van der Waals surface area (Å²) < 4.78 is 68.3. The van der Waals surface area contributed by atoms with Crippen LogP contribution in [-0.2, 0) is 65.4 Å². The Labute approximate surface area is 562 Å². The Morgan fingerprint density at radius 3 is 0.641 bits per heavy atom. The van der Waals surface area contributed by atoms with Crippen molar-refractivity contribution in [3.63, 3.8) is 0 Å². The molecule has 2 unspecified atom stereocenters. The highest BCUT2D eigenvalue weighted by atomic mass is 31.2. The molecule has 0 spiro atoms. The fourth-order valence-electron chi connectivity index (χ4n) is 11.2. The molecule has 0 saturated heterocycles. The smallest absolute Gasteiger partial charge is 0.462 e. The SMILES string of the molecule is CCCCCCCCCCCCCCCCCCCCCCCCC(=O)O[C@H](COC(=O)CCCCCCCCCCCCC)COP(=O)(O)OC[C@@H](O)COP(=O)(O)OC[C@@H](COC(=O)CCCCCCCCCC)OC(=O)CCCCCCCCCCCCC. The Morgan fingerprint density at radius 1 is 0.261 bits per heavy atom. The van der Waals surface area contributed by atoms with E-state index in [9.17, 15) is 43.2 Å². The third-order valence-electron chi connectivity index (χ3n) is 17.1. The Bertz CT molecular complexity index is 1760. The van der Waals surface area contributed by atoms with E-state index >= 15 is 0 Å². The van der Waals surface area contributed by atoms with Crippen molar-refractivity contribution >= 4 is 39.5 Å². The molecule has 0 fully saturated rings. The zero-order valence-corrected chi connectivity index (χ0v) is 61.3. The van der Waals surface area contributed by atoms with Gasteiger partial charge in [-0.05, 0) is 25.7 Å². The summed E-state index contributed by atoms with van der Waals surface area (Å²) >= 11 is 0. The first-order valence-corrected chi connectivity index (χ1v) is 41.3. The molecule has 5 atom stereocenters. The maximum Gasteiger partial charge on any atom is 0.472 e. The van der Waals surface area contributed by atoms with Gasteiger partial charge in [-0.15, -0.1) is 0 Å². The second kappa shape index (κ2) is 67.6. The third kappa shape index (κ3) is 66.7. The van der Waals surface area contributed by atoms with Crippen molar-refractivity contribution < 1.29 is 80.2 Å². The summed E-state index contributed by atoms with van der Waals surface area (Å²) in [5, 5.41) is 10.6. The van der Waals surface area contributed by atoms with Crippen molar-refractivity contribution in [1.82, 2.24) is 0 Å². The second-order valence-electron chi connectivity index (χ2n) is 26.3. The Hall–Kier alpha value is -1.94. The van der Waals surface area contributed by atoms with E-state index < -0.39 is 97.5 Å². The van der Waals surface area contributed by atoms with Gasteiger partial charge in [0.05, 0.1) is 26.4 Å². The van der Waals surface area contributed by atoms with Crippen molar-refractivity contribution in [2.75, 3.05) is 39.6 Å². The molecular weight excluding hydrogens is 1210 g/mol. The van der Waals surface area contributed by atoms with Gasteiger partial charge in [-0.1, -0.05) is 336 Å². The van der Waals surface area contributed by atoms with Gasteiger partial charge in [0, 0.05) is 25.7 Å². The minimum absolute atomic E-state index is 0.107. The van der Waals surface area contributed by atoms with Gasteiger partial charge < -0.3 is 33.8 Å². The van der Waals surface area contributed by atoms with Gasteiger partial charge in [-0.25, -0.2) is 9.13 Å². The average Bonchev–Trinajstić information content (AvgIpc) is 3.70. The van der Waals surface area contributed by atoms with Crippen LogP contribution in [-0.4, -0.2) is 96.7 Å². The lowest BCUT2D eigenvalue weighted by Gasteiger charge is -2.21. The number of aliphatic hydroxyl groups excluding tert-OH is 1. The maximum absolute atomic E-state index is 13.0. The van der Waals surface area contributed by atoms with Crippen molar-refractivity contribution in [2.45, 2.75) is 406 Å². The highest BCUT2D eigenvalue weighted by Crippen LogP contribution is 2.45. The Kier molecular flexibility index (Phi) is 66.2. The number of aliphatic hydroxyl groups is 1. The summed E-state index contributed by atoms with van der Waals surface area (Å²) in [6.45, 7) is 4.92. The van der Waals surface area contributed by atoms with Crippen LogP contribution in [0.2, 0.25) is 0 Å². The number of rotatable bonds is 74. The highest BCUT2D eigenvalue weighted by Gasteiger charge is 2.30. The molecule has 19 heteroatoms. The maximum atomic E-state index is 13.0. The van der Waals surface area contributed by atoms with E-state index in [1.165, 1.54) is 212 Å². The van der Waals surface area contributed by atoms with Crippen molar-refractivity contribution in [3.05, 3.63) is 0 Å². The number of unbranched alkanes of at least 4 members (excludes halogenated alkanes) is 48. The molecule has 17 nitrogen and oxygen atoms in total. The van der Waals surface area contributed by atoms with E-state index in [1.54, 1.807) is 0 Å². The molecule has 0 aromatic heterocycles. The molecule has 0 aliphatic heterocycles. The van der Waals surface area contributed by atoms with Gasteiger partial charge in [0.15, 0.2) is 12.2 Å². The molecule has 0 heterocycles. The summed E-state index contributed by atoms with van der Waals surface area (Å²) in [4.78, 5) is 72.5. The topological polar surface area (TPSA) is 237 Å². The lowest BCUT2D eigenvalue weighted by atomic mass is 10.0. The number of carbonyl (C=O) groups is 4. The van der Waals surface area contributed by atoms with Crippen molar-refractivity contribution in [2.24, 2.45) is 0 Å². The van der Waals surface area contributed by atoms with Gasteiger partial charge in [0.1, 0.15) is 19.3 Å². The van der Waals surface area contributed by atoms with Gasteiger partial charge in [0.2, 0.25) is 0 Å². The molecule has 0 rings (SSSR count). The number of phosphoric ester groups is 2. The monoisotopic (exact) mass is 1350 g/mol. The molecule has 0 aliphatic carbocycles. The molecule has 0 radical (unpaired) electrons. The fraction of sp³-hybridized carbons (Fsp3) is 0.945. The number of hydrogen-bond donors (Lipinski definition) is 3. The number of hydrogen-bond acceptors (Lipinski definition) is 15. The fourth-order valence-corrected chi connectivity index (χ4v) is 12.8. The van der Waals surface area contributed by atoms with Crippen LogP contribution in [0.25, 0.3) is 0 Å². The van der Waals surface area contributed by atoms with Crippen LogP contribution in [0, 0.1) is 0 Å². The summed E-state index contributed by atoms with van der Waals surface area (Å²) in [5.41, 5.74) is 0. The van der Waals surface area contributed by atoms with Crippen LogP contribution in [0.5, 0.6) is 0 Å². The van der Waals surface area contributed by atoms with Gasteiger partial charge in [-0.3, -0.25) is 37.3 Å². The minimum Gasteiger partial charge on any atom is -0.462 e. The average molecular weight is 1350 g/mol. The highest BCUT2D eigenvalue weighted by molar-refractivity contribution is 7.47. The summed E-state index contributed by atoms with van der Waals surface area (Å²) in [6.07, 6.45) is 57.0. The number of esters is 4. The van der Waals surface area contributed by atoms with Gasteiger partial charge >= 0.3 is 39.5 Å². The van der Waals surface area contributed by atoms with E-state index in [0.29, 0.717) is 25.7 Å². The molecule has 0 bridgehead atoms. The summed E-state index contributed by atoms with van der Waals surface area (Å²) in [6, 6.07) is 0. The minimum atomic E-state index is -4.95. The second-order valence-corrected chi connectivity index (χ2v) is 29.2. The van der Waals surface area contributed by atoms with Gasteiger partial charge in [-0.2, -0.15) is 0 Å². The predicted octanol–water partition coefficient (Wildman–Crippen LogP) is 21.4. The summed E-state index contributed by atoms with van der Waals surface area (Å²) in [7, 11) is -9.90. The van der Waals surface area contributed by atoms with E-state index in [2.05, 4.69) is 27.7 Å². The van der Waals surface area contributed by atoms with E-state index in [-0.39, 0.29) is 25.7 Å². The number of carbonyl (C=O) groups excluding carboxylic acids is 4. The van der Waals surface area contributed by atoms with Gasteiger partial charge in [0.25, 0.3) is 0 Å². The molecule has 0 aromatic carbocycles. The Morgan fingerprint density at radius 2 is 0.435 bits per heavy atom. The van der Waals surface area contributed by atoms with E-state index in [1.807, 2.05) is 0 Å². The van der Waals surface area contributed by atoms with Crippen LogP contribution < -0.4 is 0 Å². The molecular formula is C73H142O17P2. The quantitative estimate of drug-likeness (QED) is 0.0222. The molecule has 3 N–H and O–H groups in total. The van der Waals surface area contributed by atoms with Crippen molar-refractivity contribution in [3.8, 4) is 0 Å².